The molecule has 2 aliphatic rings. The van der Waals surface area contributed by atoms with Crippen LogP contribution in [0.25, 0.3) is 0 Å². The van der Waals surface area contributed by atoms with Gasteiger partial charge < -0.3 is 4.90 Å². The molecule has 1 amide bonds. The highest BCUT2D eigenvalue weighted by molar-refractivity contribution is 7.40. The average molecular weight is 304 g/mol. The Morgan fingerprint density at radius 3 is 2.76 bits per heavy atom. The summed E-state index contributed by atoms with van der Waals surface area (Å²) in [6, 6.07) is 6.92. The number of anilines is 1. The number of aryl methyl sites for hydroxylation is 1. The van der Waals surface area contributed by atoms with Crippen LogP contribution < -0.4 is 4.90 Å². The largest absolute Gasteiger partial charge is 0.326 e. The van der Waals surface area contributed by atoms with Crippen molar-refractivity contribution in [2.45, 2.75) is 58.9 Å². The van der Waals surface area contributed by atoms with E-state index in [1.807, 2.05) is 20.8 Å². The fraction of sp³-hybridized carbons (Fsp3) is 0.529. The Morgan fingerprint density at radius 2 is 2.10 bits per heavy atom. The normalized spacial score (nSPS) is 23.3. The monoisotopic (exact) mass is 304 g/mol. The second-order valence-electron chi connectivity index (χ2n) is 5.46. The standard InChI is InChI=1S/C15H19N2OP.C2H6/c1-9-12-7-3-5-11-6-4-8-13(14(11)12)17(9)10(2)16-15(18)19;1-2/h4,6,8-9,12H,3,5,7,19H2,1-2H3;1-2H3. The number of amidine groups is 1. The third-order valence-corrected chi connectivity index (χ3v) is 4.50. The molecule has 4 heteroatoms. The summed E-state index contributed by atoms with van der Waals surface area (Å²) in [5.41, 5.74) is 4.02. The second-order valence-corrected chi connectivity index (χ2v) is 5.95. The molecular formula is C17H25N2OP. The number of amides is 1. The summed E-state index contributed by atoms with van der Waals surface area (Å²) >= 11 is 0. The highest BCUT2D eigenvalue weighted by atomic mass is 31.0. The lowest BCUT2D eigenvalue weighted by Crippen LogP contribution is -2.36. The molecule has 1 aliphatic carbocycles. The summed E-state index contributed by atoms with van der Waals surface area (Å²) in [4.78, 5) is 17.5. The molecule has 1 aromatic rings. The van der Waals surface area contributed by atoms with Gasteiger partial charge in [-0.05, 0) is 59.5 Å². The number of hydrogen-bond donors (Lipinski definition) is 0. The summed E-state index contributed by atoms with van der Waals surface area (Å²) in [6.07, 6.45) is 3.68. The maximum Gasteiger partial charge on any atom is 0.261 e. The number of benzene rings is 1. The molecule has 0 aromatic heterocycles. The predicted molar refractivity (Wildman–Crippen MR) is 93.6 cm³/mol. The molecule has 1 aliphatic heterocycles. The Kier molecular flexibility index (Phi) is 5.16. The molecule has 0 saturated heterocycles. The van der Waals surface area contributed by atoms with Crippen molar-refractivity contribution in [2.75, 3.05) is 4.90 Å². The quantitative estimate of drug-likeness (QED) is 0.393. The molecule has 21 heavy (non-hydrogen) atoms. The lowest BCUT2D eigenvalue weighted by molar-refractivity contribution is 0.267. The molecule has 1 heterocycles. The molecule has 3 unspecified atom stereocenters. The molecule has 0 saturated carbocycles. The molecule has 3 rings (SSSR count). The van der Waals surface area contributed by atoms with Crippen LogP contribution >= 0.6 is 9.24 Å². The van der Waals surface area contributed by atoms with Crippen molar-refractivity contribution in [2.24, 2.45) is 4.99 Å². The zero-order valence-corrected chi connectivity index (χ0v) is 14.5. The number of rotatable bonds is 0. The summed E-state index contributed by atoms with van der Waals surface area (Å²) in [5, 5.41) is 0. The van der Waals surface area contributed by atoms with Gasteiger partial charge in [-0.1, -0.05) is 26.0 Å². The van der Waals surface area contributed by atoms with Crippen LogP contribution in [0.15, 0.2) is 23.2 Å². The van der Waals surface area contributed by atoms with Gasteiger partial charge in [-0.2, -0.15) is 4.99 Å². The van der Waals surface area contributed by atoms with Crippen LogP contribution in [0.2, 0.25) is 0 Å². The van der Waals surface area contributed by atoms with Crippen LogP contribution in [0.4, 0.5) is 10.5 Å². The van der Waals surface area contributed by atoms with E-state index < -0.39 is 0 Å². The van der Waals surface area contributed by atoms with Crippen LogP contribution in [-0.4, -0.2) is 17.5 Å². The zero-order valence-electron chi connectivity index (χ0n) is 13.4. The first-order valence-electron chi connectivity index (χ1n) is 7.85. The SMILES string of the molecule is CC.CC(=NC(=O)P)N1c2cccc3c2C(CCC3)C1C. The van der Waals surface area contributed by atoms with E-state index in [1.54, 1.807) is 0 Å². The minimum absolute atomic E-state index is 0.208. The van der Waals surface area contributed by atoms with Gasteiger partial charge in [0, 0.05) is 17.6 Å². The lowest BCUT2D eigenvalue weighted by atomic mass is 9.81. The van der Waals surface area contributed by atoms with Gasteiger partial charge in [0.25, 0.3) is 5.65 Å². The zero-order chi connectivity index (χ0) is 15.6. The van der Waals surface area contributed by atoms with Gasteiger partial charge in [-0.3, -0.25) is 4.79 Å². The molecule has 3 atom stereocenters. The van der Waals surface area contributed by atoms with E-state index in [-0.39, 0.29) is 5.65 Å². The van der Waals surface area contributed by atoms with Crippen molar-refractivity contribution in [1.82, 2.24) is 0 Å². The number of carbonyl (C=O) groups is 1. The molecule has 3 nitrogen and oxygen atoms in total. The molecule has 1 aromatic carbocycles. The second kappa shape index (κ2) is 6.70. The fourth-order valence-electron chi connectivity index (χ4n) is 3.68. The van der Waals surface area contributed by atoms with E-state index >= 15 is 0 Å². The van der Waals surface area contributed by atoms with E-state index in [0.717, 1.165) is 5.84 Å². The third kappa shape index (κ3) is 2.89. The van der Waals surface area contributed by atoms with Crippen LogP contribution in [0, 0.1) is 0 Å². The van der Waals surface area contributed by atoms with Crippen LogP contribution in [0.3, 0.4) is 0 Å². The molecule has 114 valence electrons. The minimum atomic E-state index is -0.208. The number of hydrogen-bond acceptors (Lipinski definition) is 1. The van der Waals surface area contributed by atoms with Gasteiger partial charge in [-0.25, -0.2) is 0 Å². The van der Waals surface area contributed by atoms with E-state index in [2.05, 4.69) is 44.3 Å². The molecular weight excluding hydrogens is 279 g/mol. The molecule has 0 fully saturated rings. The molecule has 0 radical (unpaired) electrons. The number of carbonyl (C=O) groups excluding carboxylic acids is 1. The van der Waals surface area contributed by atoms with Gasteiger partial charge in [0.15, 0.2) is 0 Å². The Hall–Kier alpha value is -1.21. The lowest BCUT2D eigenvalue weighted by Gasteiger charge is -2.27. The average Bonchev–Trinajstić information content (AvgIpc) is 2.76. The highest BCUT2D eigenvalue weighted by Crippen LogP contribution is 2.48. The first-order valence-corrected chi connectivity index (χ1v) is 8.43. The van der Waals surface area contributed by atoms with Crippen molar-refractivity contribution in [3.8, 4) is 0 Å². The van der Waals surface area contributed by atoms with Crippen molar-refractivity contribution in [3.63, 3.8) is 0 Å². The maximum absolute atomic E-state index is 11.2. The van der Waals surface area contributed by atoms with Gasteiger partial charge in [-0.15, -0.1) is 0 Å². The summed E-state index contributed by atoms with van der Waals surface area (Å²) in [7, 11) is 2.12. The van der Waals surface area contributed by atoms with Crippen LogP contribution in [-0.2, 0) is 6.42 Å². The fourth-order valence-corrected chi connectivity index (χ4v) is 3.86. The van der Waals surface area contributed by atoms with Gasteiger partial charge in [0.05, 0.1) is 0 Å². The van der Waals surface area contributed by atoms with Crippen LogP contribution in [0.1, 0.15) is 57.6 Å². The Balaban J connectivity index is 0.000000774. The van der Waals surface area contributed by atoms with Crippen molar-refractivity contribution in [3.05, 3.63) is 29.3 Å². The van der Waals surface area contributed by atoms with Crippen LogP contribution in [0.5, 0.6) is 0 Å². The highest BCUT2D eigenvalue weighted by Gasteiger charge is 2.39. The van der Waals surface area contributed by atoms with Gasteiger partial charge >= 0.3 is 0 Å². The Morgan fingerprint density at radius 1 is 1.38 bits per heavy atom. The topological polar surface area (TPSA) is 32.7 Å². The van der Waals surface area contributed by atoms with E-state index in [1.165, 1.54) is 36.1 Å². The predicted octanol–water partition coefficient (Wildman–Crippen LogP) is 4.75. The van der Waals surface area contributed by atoms with Crippen molar-refractivity contribution < 1.29 is 4.79 Å². The smallest absolute Gasteiger partial charge is 0.261 e. The van der Waals surface area contributed by atoms with Crippen molar-refractivity contribution in [1.29, 1.82) is 0 Å². The number of nitrogens with zero attached hydrogens (tertiary/aromatic N) is 2. The van der Waals surface area contributed by atoms with E-state index in [0.29, 0.717) is 12.0 Å². The first-order chi connectivity index (χ1) is 10.1. The molecule has 0 N–H and O–H groups in total. The first kappa shape index (κ1) is 16.2. The number of aliphatic imine (C=N–C) groups is 1. The maximum atomic E-state index is 11.2. The Labute approximate surface area is 130 Å². The summed E-state index contributed by atoms with van der Waals surface area (Å²) < 4.78 is 0. The van der Waals surface area contributed by atoms with E-state index in [9.17, 15) is 4.79 Å². The minimum Gasteiger partial charge on any atom is -0.326 e. The summed E-state index contributed by atoms with van der Waals surface area (Å²) in [5.74, 6) is 1.39. The third-order valence-electron chi connectivity index (χ3n) is 4.38. The van der Waals surface area contributed by atoms with Gasteiger partial charge in [0.2, 0.25) is 0 Å². The molecule has 0 bridgehead atoms. The van der Waals surface area contributed by atoms with Gasteiger partial charge in [0.1, 0.15) is 5.84 Å². The summed E-state index contributed by atoms with van der Waals surface area (Å²) in [6.45, 7) is 8.17. The molecule has 0 spiro atoms. The van der Waals surface area contributed by atoms with E-state index in [4.69, 9.17) is 0 Å². The van der Waals surface area contributed by atoms with Crippen molar-refractivity contribution >= 4 is 26.4 Å². The Bertz CT molecular complexity index is 568.